The predicted molar refractivity (Wildman–Crippen MR) is 88.2 cm³/mol. The van der Waals surface area contributed by atoms with Gasteiger partial charge < -0.3 is 10.6 Å². The van der Waals surface area contributed by atoms with Crippen LogP contribution in [0.15, 0.2) is 22.7 Å². The van der Waals surface area contributed by atoms with E-state index in [9.17, 15) is 4.79 Å². The summed E-state index contributed by atoms with van der Waals surface area (Å²) in [6, 6.07) is 8.24. The lowest BCUT2D eigenvalue weighted by Gasteiger charge is -2.20. The summed E-state index contributed by atoms with van der Waals surface area (Å²) in [4.78, 5) is 15.1. The van der Waals surface area contributed by atoms with Gasteiger partial charge in [0.15, 0.2) is 0 Å². The lowest BCUT2D eigenvalue weighted by molar-refractivity contribution is 0.0753. The summed E-state index contributed by atoms with van der Waals surface area (Å²) in [7, 11) is 0. The third-order valence-electron chi connectivity index (χ3n) is 3.60. The lowest BCUT2D eigenvalue weighted by Crippen LogP contribution is -2.33. The molecule has 2 aromatic rings. The molecule has 6 heteroatoms. The Morgan fingerprint density at radius 3 is 2.95 bits per heavy atom. The van der Waals surface area contributed by atoms with Gasteiger partial charge in [-0.2, -0.15) is 5.26 Å². The van der Waals surface area contributed by atoms with Gasteiger partial charge in [0.2, 0.25) is 0 Å². The number of rotatable bonds is 4. The Hall–Kier alpha value is -1.58. The largest absolute Gasteiger partial charge is 0.397 e. The van der Waals surface area contributed by atoms with Crippen LogP contribution in [0.5, 0.6) is 0 Å². The smallest absolute Gasteiger partial charge is 0.266 e. The fourth-order valence-corrected chi connectivity index (χ4v) is 3.81. The molecule has 1 aliphatic carbocycles. The van der Waals surface area contributed by atoms with Crippen LogP contribution in [0.1, 0.15) is 28.9 Å². The molecule has 1 aliphatic rings. The van der Waals surface area contributed by atoms with Crippen LogP contribution in [0.2, 0.25) is 0 Å². The van der Waals surface area contributed by atoms with Crippen LogP contribution in [-0.4, -0.2) is 23.4 Å². The molecule has 1 saturated carbocycles. The van der Waals surface area contributed by atoms with Gasteiger partial charge in [-0.1, -0.05) is 15.9 Å². The molecule has 1 aromatic heterocycles. The Morgan fingerprint density at radius 1 is 1.52 bits per heavy atom. The number of halogens is 1. The molecule has 1 fully saturated rings. The molecule has 0 atom stereocenters. The van der Waals surface area contributed by atoms with Crippen molar-refractivity contribution in [2.45, 2.75) is 25.3 Å². The molecular formula is C15H14BrN3OS. The summed E-state index contributed by atoms with van der Waals surface area (Å²) in [6.45, 7) is 0.484. The fraction of sp³-hybridized carbons (Fsp3) is 0.333. The zero-order valence-corrected chi connectivity index (χ0v) is 13.7. The van der Waals surface area contributed by atoms with Crippen molar-refractivity contribution < 1.29 is 4.79 Å². The number of hydrogen-bond acceptors (Lipinski definition) is 4. The maximum absolute atomic E-state index is 12.7. The van der Waals surface area contributed by atoms with E-state index in [1.807, 2.05) is 18.2 Å². The third kappa shape index (κ3) is 2.76. The molecule has 0 spiro atoms. The van der Waals surface area contributed by atoms with Crippen LogP contribution in [0, 0.1) is 11.3 Å². The van der Waals surface area contributed by atoms with Gasteiger partial charge in [0.25, 0.3) is 5.91 Å². The standard InChI is InChI=1S/C15H14BrN3OS/c16-9-2-5-12-11(8-9)13(18)14(21-12)15(20)19(7-1-6-17)10-3-4-10/h2,5,8,10H,1,3-4,7,18H2. The van der Waals surface area contributed by atoms with Crippen molar-refractivity contribution in [2.75, 3.05) is 12.3 Å². The molecule has 0 saturated heterocycles. The number of nitriles is 1. The minimum Gasteiger partial charge on any atom is -0.397 e. The highest BCUT2D eigenvalue weighted by atomic mass is 79.9. The molecule has 108 valence electrons. The second-order valence-corrected chi connectivity index (χ2v) is 7.09. The summed E-state index contributed by atoms with van der Waals surface area (Å²) in [6.07, 6.45) is 2.40. The van der Waals surface area contributed by atoms with Crippen molar-refractivity contribution in [1.29, 1.82) is 5.26 Å². The van der Waals surface area contributed by atoms with Gasteiger partial charge in [-0.3, -0.25) is 4.79 Å². The topological polar surface area (TPSA) is 70.1 Å². The maximum atomic E-state index is 12.7. The van der Waals surface area contributed by atoms with E-state index < -0.39 is 0 Å². The Balaban J connectivity index is 1.96. The summed E-state index contributed by atoms with van der Waals surface area (Å²) in [5.74, 6) is -0.0393. The van der Waals surface area contributed by atoms with Gasteiger partial charge in [0.05, 0.1) is 18.2 Å². The van der Waals surface area contributed by atoms with Gasteiger partial charge >= 0.3 is 0 Å². The van der Waals surface area contributed by atoms with Crippen molar-refractivity contribution in [3.8, 4) is 6.07 Å². The average Bonchev–Trinajstić information content (AvgIpc) is 3.25. The molecule has 3 rings (SSSR count). The number of hydrogen-bond donors (Lipinski definition) is 1. The van der Waals surface area contributed by atoms with E-state index in [1.54, 1.807) is 4.90 Å². The Labute approximate surface area is 135 Å². The predicted octanol–water partition coefficient (Wildman–Crippen LogP) is 3.76. The molecule has 0 aliphatic heterocycles. The molecule has 1 aromatic carbocycles. The fourth-order valence-electron chi connectivity index (χ4n) is 2.38. The van der Waals surface area contributed by atoms with Crippen molar-refractivity contribution in [1.82, 2.24) is 4.90 Å². The van der Waals surface area contributed by atoms with E-state index in [-0.39, 0.29) is 11.9 Å². The van der Waals surface area contributed by atoms with Crippen LogP contribution in [0.4, 0.5) is 5.69 Å². The van der Waals surface area contributed by atoms with Crippen LogP contribution in [-0.2, 0) is 0 Å². The molecular weight excluding hydrogens is 350 g/mol. The normalized spacial score (nSPS) is 14.1. The van der Waals surface area contributed by atoms with Gasteiger partial charge in [0, 0.05) is 27.1 Å². The van der Waals surface area contributed by atoms with E-state index in [0.717, 1.165) is 27.4 Å². The number of nitrogens with zero attached hydrogens (tertiary/aromatic N) is 2. The molecule has 0 unspecified atom stereocenters. The molecule has 2 N–H and O–H groups in total. The van der Waals surface area contributed by atoms with E-state index in [0.29, 0.717) is 23.5 Å². The summed E-state index contributed by atoms with van der Waals surface area (Å²) in [5.41, 5.74) is 6.72. The van der Waals surface area contributed by atoms with Gasteiger partial charge in [-0.15, -0.1) is 11.3 Å². The van der Waals surface area contributed by atoms with Gasteiger partial charge in [-0.05, 0) is 31.0 Å². The second-order valence-electron chi connectivity index (χ2n) is 5.12. The number of fused-ring (bicyclic) bond motifs is 1. The number of amides is 1. The third-order valence-corrected chi connectivity index (χ3v) is 5.26. The van der Waals surface area contributed by atoms with E-state index in [2.05, 4.69) is 22.0 Å². The second kappa shape index (κ2) is 5.66. The van der Waals surface area contributed by atoms with Gasteiger partial charge in [-0.25, -0.2) is 0 Å². The zero-order valence-electron chi connectivity index (χ0n) is 11.3. The Kier molecular flexibility index (Phi) is 3.87. The average molecular weight is 364 g/mol. The Morgan fingerprint density at radius 2 is 2.29 bits per heavy atom. The number of nitrogen functional groups attached to an aromatic ring is 1. The highest BCUT2D eigenvalue weighted by Crippen LogP contribution is 2.38. The monoisotopic (exact) mass is 363 g/mol. The van der Waals surface area contributed by atoms with E-state index in [4.69, 9.17) is 11.0 Å². The van der Waals surface area contributed by atoms with E-state index >= 15 is 0 Å². The first-order valence-corrected chi connectivity index (χ1v) is 8.38. The number of benzene rings is 1. The van der Waals surface area contributed by atoms with Crippen molar-refractivity contribution in [3.63, 3.8) is 0 Å². The first-order chi connectivity index (χ1) is 10.1. The SMILES string of the molecule is N#CCCN(C(=O)c1sc2ccc(Br)cc2c1N)C1CC1. The molecule has 21 heavy (non-hydrogen) atoms. The highest BCUT2D eigenvalue weighted by molar-refractivity contribution is 9.10. The van der Waals surface area contributed by atoms with Crippen LogP contribution in [0.3, 0.4) is 0 Å². The van der Waals surface area contributed by atoms with E-state index in [1.165, 1.54) is 11.3 Å². The number of anilines is 1. The number of carbonyl (C=O) groups excluding carboxylic acids is 1. The maximum Gasteiger partial charge on any atom is 0.266 e. The molecule has 1 amide bonds. The van der Waals surface area contributed by atoms with Crippen molar-refractivity contribution in [2.24, 2.45) is 0 Å². The Bertz CT molecular complexity index is 745. The molecule has 0 bridgehead atoms. The molecule has 1 heterocycles. The van der Waals surface area contributed by atoms with Crippen LogP contribution in [0.25, 0.3) is 10.1 Å². The number of thiophene rings is 1. The number of nitrogens with two attached hydrogens (primary N) is 1. The number of carbonyl (C=O) groups is 1. The first kappa shape index (κ1) is 14.4. The summed E-state index contributed by atoms with van der Waals surface area (Å²) < 4.78 is 1.96. The zero-order chi connectivity index (χ0) is 15.0. The minimum absolute atomic E-state index is 0.0393. The molecule has 0 radical (unpaired) electrons. The summed E-state index contributed by atoms with van der Waals surface area (Å²) >= 11 is 4.85. The van der Waals surface area contributed by atoms with Crippen molar-refractivity contribution >= 4 is 48.9 Å². The molecule has 4 nitrogen and oxygen atoms in total. The van der Waals surface area contributed by atoms with Gasteiger partial charge in [0.1, 0.15) is 4.88 Å². The van der Waals surface area contributed by atoms with Crippen LogP contribution >= 0.6 is 27.3 Å². The van der Waals surface area contributed by atoms with Crippen molar-refractivity contribution in [3.05, 3.63) is 27.5 Å². The lowest BCUT2D eigenvalue weighted by atomic mass is 10.2. The minimum atomic E-state index is -0.0393. The summed E-state index contributed by atoms with van der Waals surface area (Å²) in [5, 5.41) is 9.66. The highest BCUT2D eigenvalue weighted by Gasteiger charge is 2.34. The van der Waals surface area contributed by atoms with Crippen LogP contribution < -0.4 is 5.73 Å². The quantitative estimate of drug-likeness (QED) is 0.898. The first-order valence-electron chi connectivity index (χ1n) is 6.77.